The van der Waals surface area contributed by atoms with Crippen LogP contribution >= 0.6 is 11.6 Å². The molecule has 3 atom stereocenters. The Kier molecular flexibility index (Phi) is 5.21. The predicted octanol–water partition coefficient (Wildman–Crippen LogP) is 2.74. The maximum absolute atomic E-state index is 11.9. The fourth-order valence-corrected chi connectivity index (χ4v) is 3.97. The molecule has 2 N–H and O–H groups in total. The number of piperidine rings is 2. The lowest BCUT2D eigenvalue weighted by Gasteiger charge is -2.40. The van der Waals surface area contributed by atoms with Crippen molar-refractivity contribution in [2.45, 2.75) is 38.1 Å². The number of rotatable bonds is 3. The van der Waals surface area contributed by atoms with Crippen LogP contribution in [0.15, 0.2) is 24.3 Å². The first-order valence-electron chi connectivity index (χ1n) is 8.26. The molecule has 1 aromatic carbocycles. The second-order valence-corrected chi connectivity index (χ2v) is 6.83. The molecule has 1 amide bonds. The van der Waals surface area contributed by atoms with E-state index in [1.54, 1.807) is 29.2 Å². The van der Waals surface area contributed by atoms with Gasteiger partial charge >= 0.3 is 6.09 Å². The standard InChI is InChI=1S/C17H23ClN2O2/c18-14-6-8-15(9-7-14)19-17(21)22-12-13-4-3-11-20-10-2-1-5-16(13)20/h6-9,13,16H,1-5,10-12H2,(H,19,21)/p+1/t13-,16-/m1/s1. The Hall–Kier alpha value is -1.26. The highest BCUT2D eigenvalue weighted by Crippen LogP contribution is 2.21. The summed E-state index contributed by atoms with van der Waals surface area (Å²) in [5.74, 6) is 0.514. The summed E-state index contributed by atoms with van der Waals surface area (Å²) < 4.78 is 5.47. The van der Waals surface area contributed by atoms with Gasteiger partial charge in [-0.2, -0.15) is 0 Å². The smallest absolute Gasteiger partial charge is 0.411 e. The van der Waals surface area contributed by atoms with E-state index >= 15 is 0 Å². The molecule has 2 aliphatic heterocycles. The minimum Gasteiger partial charge on any atom is -0.449 e. The van der Waals surface area contributed by atoms with Gasteiger partial charge in [-0.15, -0.1) is 0 Å². The minimum atomic E-state index is -0.370. The van der Waals surface area contributed by atoms with Crippen molar-refractivity contribution in [3.05, 3.63) is 29.3 Å². The van der Waals surface area contributed by atoms with E-state index in [9.17, 15) is 4.79 Å². The van der Waals surface area contributed by atoms with Gasteiger partial charge in [-0.25, -0.2) is 4.79 Å². The predicted molar refractivity (Wildman–Crippen MR) is 87.5 cm³/mol. The zero-order valence-corrected chi connectivity index (χ0v) is 13.6. The maximum atomic E-state index is 11.9. The van der Waals surface area contributed by atoms with E-state index in [4.69, 9.17) is 16.3 Å². The molecule has 5 heteroatoms. The topological polar surface area (TPSA) is 42.8 Å². The van der Waals surface area contributed by atoms with Crippen LogP contribution < -0.4 is 10.2 Å². The first-order chi connectivity index (χ1) is 10.7. The van der Waals surface area contributed by atoms with Crippen molar-refractivity contribution in [1.82, 2.24) is 0 Å². The molecule has 2 heterocycles. The van der Waals surface area contributed by atoms with Crippen LogP contribution in [0.2, 0.25) is 5.02 Å². The van der Waals surface area contributed by atoms with Crippen molar-refractivity contribution in [1.29, 1.82) is 0 Å². The number of hydrogen-bond acceptors (Lipinski definition) is 2. The zero-order valence-electron chi connectivity index (χ0n) is 12.8. The van der Waals surface area contributed by atoms with Gasteiger partial charge in [0.1, 0.15) is 6.61 Å². The van der Waals surface area contributed by atoms with E-state index in [1.807, 2.05) is 0 Å². The van der Waals surface area contributed by atoms with E-state index in [1.165, 1.54) is 45.2 Å². The van der Waals surface area contributed by atoms with Crippen molar-refractivity contribution >= 4 is 23.4 Å². The minimum absolute atomic E-state index is 0.370. The summed E-state index contributed by atoms with van der Waals surface area (Å²) in [5, 5.41) is 3.41. The van der Waals surface area contributed by atoms with Crippen LogP contribution in [0.25, 0.3) is 0 Å². The van der Waals surface area contributed by atoms with E-state index in [0.717, 1.165) is 0 Å². The van der Waals surface area contributed by atoms with Gasteiger partial charge in [-0.3, -0.25) is 5.32 Å². The molecule has 4 nitrogen and oxygen atoms in total. The van der Waals surface area contributed by atoms with Crippen LogP contribution in [0, 0.1) is 5.92 Å². The Bertz CT molecular complexity index is 504. The molecule has 3 rings (SSSR count). The highest BCUT2D eigenvalue weighted by atomic mass is 35.5. The summed E-state index contributed by atoms with van der Waals surface area (Å²) in [6, 6.07) is 7.74. The van der Waals surface area contributed by atoms with Gasteiger partial charge in [0.25, 0.3) is 0 Å². The zero-order chi connectivity index (χ0) is 15.4. The number of amides is 1. The number of carbonyl (C=O) groups excluding carboxylic acids is 1. The summed E-state index contributed by atoms with van der Waals surface area (Å²) >= 11 is 5.83. The number of carbonyl (C=O) groups is 1. The fourth-order valence-electron chi connectivity index (χ4n) is 3.85. The molecule has 1 unspecified atom stereocenters. The maximum Gasteiger partial charge on any atom is 0.411 e. The van der Waals surface area contributed by atoms with Crippen molar-refractivity contribution in [3.63, 3.8) is 0 Å². The van der Waals surface area contributed by atoms with Crippen LogP contribution in [0.3, 0.4) is 0 Å². The molecular weight excluding hydrogens is 300 g/mol. The van der Waals surface area contributed by atoms with E-state index in [-0.39, 0.29) is 6.09 Å². The summed E-state index contributed by atoms with van der Waals surface area (Å²) in [5.41, 5.74) is 0.711. The number of anilines is 1. The Morgan fingerprint density at radius 3 is 2.77 bits per heavy atom. The van der Waals surface area contributed by atoms with Gasteiger partial charge in [-0.1, -0.05) is 11.6 Å². The lowest BCUT2D eigenvalue weighted by atomic mass is 9.84. The number of nitrogens with one attached hydrogen (secondary N) is 2. The SMILES string of the molecule is O=C(Nc1ccc(Cl)cc1)OC[C@H]1CCC[NH+]2CCCC[C@H]12. The number of quaternary nitrogens is 1. The molecule has 2 saturated heterocycles. The molecule has 22 heavy (non-hydrogen) atoms. The fraction of sp³-hybridized carbons (Fsp3) is 0.588. The molecule has 2 aliphatic rings. The summed E-state index contributed by atoms with van der Waals surface area (Å²) in [6.07, 6.45) is 6.01. The number of benzene rings is 1. The summed E-state index contributed by atoms with van der Waals surface area (Å²) in [7, 11) is 0. The first kappa shape index (κ1) is 15.6. The summed E-state index contributed by atoms with van der Waals surface area (Å²) in [6.45, 7) is 3.11. The Balaban J connectivity index is 1.48. The molecule has 0 bridgehead atoms. The van der Waals surface area contributed by atoms with Gasteiger partial charge in [-0.05, 0) is 56.4 Å². The quantitative estimate of drug-likeness (QED) is 0.898. The third-order valence-electron chi connectivity index (χ3n) is 4.95. The van der Waals surface area contributed by atoms with Gasteiger partial charge < -0.3 is 9.64 Å². The first-order valence-corrected chi connectivity index (χ1v) is 8.64. The van der Waals surface area contributed by atoms with Gasteiger partial charge in [0.2, 0.25) is 0 Å². The third kappa shape index (κ3) is 3.93. The highest BCUT2D eigenvalue weighted by Gasteiger charge is 2.37. The normalized spacial score (nSPS) is 27.8. The van der Waals surface area contributed by atoms with Crippen LogP contribution in [0.1, 0.15) is 32.1 Å². The van der Waals surface area contributed by atoms with Gasteiger partial charge in [0.15, 0.2) is 0 Å². The lowest BCUT2D eigenvalue weighted by molar-refractivity contribution is -0.940. The van der Waals surface area contributed by atoms with E-state index in [0.29, 0.717) is 29.3 Å². The lowest BCUT2D eigenvalue weighted by Crippen LogP contribution is -3.18. The number of hydrogen-bond donors (Lipinski definition) is 2. The summed E-state index contributed by atoms with van der Waals surface area (Å²) in [4.78, 5) is 13.7. The van der Waals surface area contributed by atoms with Gasteiger partial charge in [0.05, 0.1) is 19.1 Å². The van der Waals surface area contributed by atoms with Crippen molar-refractivity contribution < 1.29 is 14.4 Å². The van der Waals surface area contributed by atoms with Gasteiger partial charge in [0, 0.05) is 16.6 Å². The molecule has 0 saturated carbocycles. The average Bonchev–Trinajstić information content (AvgIpc) is 2.55. The highest BCUT2D eigenvalue weighted by molar-refractivity contribution is 6.30. The number of halogens is 1. The van der Waals surface area contributed by atoms with Crippen molar-refractivity contribution in [2.24, 2.45) is 5.92 Å². The largest absolute Gasteiger partial charge is 0.449 e. The molecule has 2 fully saturated rings. The molecule has 0 aliphatic carbocycles. The molecule has 0 aromatic heterocycles. The Morgan fingerprint density at radius 1 is 1.18 bits per heavy atom. The second-order valence-electron chi connectivity index (χ2n) is 6.39. The van der Waals surface area contributed by atoms with Crippen LogP contribution in [-0.2, 0) is 4.74 Å². The van der Waals surface area contributed by atoms with Crippen LogP contribution in [-0.4, -0.2) is 31.8 Å². The monoisotopic (exact) mass is 323 g/mol. The van der Waals surface area contributed by atoms with Crippen molar-refractivity contribution in [3.8, 4) is 0 Å². The van der Waals surface area contributed by atoms with E-state index in [2.05, 4.69) is 5.32 Å². The number of ether oxygens (including phenoxy) is 1. The molecule has 0 spiro atoms. The van der Waals surface area contributed by atoms with Crippen molar-refractivity contribution in [2.75, 3.05) is 25.0 Å². The molecule has 120 valence electrons. The van der Waals surface area contributed by atoms with Crippen LogP contribution in [0.4, 0.5) is 10.5 Å². The average molecular weight is 324 g/mol. The Labute approximate surface area is 136 Å². The van der Waals surface area contributed by atoms with E-state index < -0.39 is 0 Å². The molecular formula is C17H24ClN2O2+. The number of fused-ring (bicyclic) bond motifs is 1. The Morgan fingerprint density at radius 2 is 1.95 bits per heavy atom. The van der Waals surface area contributed by atoms with Crippen LogP contribution in [0.5, 0.6) is 0 Å². The third-order valence-corrected chi connectivity index (χ3v) is 5.20. The molecule has 0 radical (unpaired) electrons. The second kappa shape index (κ2) is 7.34. The molecule has 1 aromatic rings.